The van der Waals surface area contributed by atoms with Gasteiger partial charge in [0.15, 0.2) is 0 Å². The fraction of sp³-hybridized carbons (Fsp3) is 0.650. The van der Waals surface area contributed by atoms with Crippen molar-refractivity contribution in [2.75, 3.05) is 19.6 Å². The summed E-state index contributed by atoms with van der Waals surface area (Å²) < 4.78 is 0. The summed E-state index contributed by atoms with van der Waals surface area (Å²) in [6.45, 7) is 2.17. The normalized spacial score (nSPS) is 34.8. The molecule has 8 nitrogen and oxygen atoms in total. The maximum absolute atomic E-state index is 13.4. The summed E-state index contributed by atoms with van der Waals surface area (Å²) in [4.78, 5) is 34.4. The predicted molar refractivity (Wildman–Crippen MR) is 103 cm³/mol. The van der Waals surface area contributed by atoms with Crippen LogP contribution in [0.1, 0.15) is 42.5 Å². The molecule has 0 aromatic carbocycles. The van der Waals surface area contributed by atoms with Gasteiger partial charge in [0.2, 0.25) is 5.91 Å². The summed E-state index contributed by atoms with van der Waals surface area (Å²) in [5.41, 5.74) is 10.2. The Hall–Kier alpha value is -2.03. The molecule has 150 valence electrons. The maximum Gasteiger partial charge on any atom is 0.254 e. The van der Waals surface area contributed by atoms with Crippen molar-refractivity contribution in [3.05, 3.63) is 30.1 Å². The van der Waals surface area contributed by atoms with Crippen LogP contribution in [0.5, 0.6) is 0 Å². The van der Waals surface area contributed by atoms with Crippen molar-refractivity contribution in [1.29, 1.82) is 0 Å². The summed E-state index contributed by atoms with van der Waals surface area (Å²) in [7, 11) is 0. The Bertz CT molecular complexity index is 743. The van der Waals surface area contributed by atoms with Gasteiger partial charge in [-0.15, -0.1) is 0 Å². The molecule has 3 N–H and O–H groups in total. The summed E-state index contributed by atoms with van der Waals surface area (Å²) in [6, 6.07) is 4.41. The van der Waals surface area contributed by atoms with Gasteiger partial charge in [-0.25, -0.2) is 10.9 Å². The molecule has 1 aliphatic carbocycles. The molecule has 5 atom stereocenters. The van der Waals surface area contributed by atoms with E-state index in [9.17, 15) is 9.59 Å². The number of nitrogens with zero attached hydrogens (tertiary/aromatic N) is 3. The van der Waals surface area contributed by atoms with Gasteiger partial charge in [-0.05, 0) is 50.2 Å². The van der Waals surface area contributed by atoms with Crippen LogP contribution < -0.4 is 16.4 Å². The first kappa shape index (κ1) is 18.0. The van der Waals surface area contributed by atoms with E-state index in [4.69, 9.17) is 0 Å². The highest BCUT2D eigenvalue weighted by Crippen LogP contribution is 2.33. The van der Waals surface area contributed by atoms with Gasteiger partial charge in [0, 0.05) is 61.6 Å². The molecule has 5 heterocycles. The second kappa shape index (κ2) is 7.42. The Morgan fingerprint density at radius 1 is 0.964 bits per heavy atom. The summed E-state index contributed by atoms with van der Waals surface area (Å²) >= 11 is 0. The van der Waals surface area contributed by atoms with E-state index in [1.54, 1.807) is 24.5 Å². The predicted octanol–water partition coefficient (Wildman–Crippen LogP) is 0.294. The Morgan fingerprint density at radius 3 is 2.64 bits per heavy atom. The lowest BCUT2D eigenvalue weighted by Crippen LogP contribution is -2.52. The minimum Gasteiger partial charge on any atom is -0.337 e. The average molecular weight is 384 g/mol. The molecule has 6 rings (SSSR count). The van der Waals surface area contributed by atoms with Gasteiger partial charge in [0.1, 0.15) is 0 Å². The van der Waals surface area contributed by atoms with Crippen LogP contribution in [0, 0.1) is 11.8 Å². The second-order valence-corrected chi connectivity index (χ2v) is 8.67. The molecule has 3 unspecified atom stereocenters. The lowest BCUT2D eigenvalue weighted by molar-refractivity contribution is -0.141. The van der Waals surface area contributed by atoms with Crippen molar-refractivity contribution in [3.8, 4) is 0 Å². The average Bonchev–Trinajstić information content (AvgIpc) is 3.02. The third-order valence-corrected chi connectivity index (χ3v) is 6.93. The number of nitrogens with one attached hydrogen (secondary N) is 3. The second-order valence-electron chi connectivity index (χ2n) is 8.67. The lowest BCUT2D eigenvalue weighted by atomic mass is 9.81. The number of hydrazine groups is 2. The van der Waals surface area contributed by atoms with Crippen molar-refractivity contribution in [3.63, 3.8) is 0 Å². The number of piperidine rings is 1. The Morgan fingerprint density at radius 2 is 1.79 bits per heavy atom. The molecular formula is C20H28N6O2. The van der Waals surface area contributed by atoms with Crippen molar-refractivity contribution >= 4 is 11.8 Å². The number of carbonyl (C=O) groups excluding carboxylic acids is 2. The zero-order valence-corrected chi connectivity index (χ0v) is 16.0. The molecule has 4 aliphatic heterocycles. The van der Waals surface area contributed by atoms with E-state index in [0.29, 0.717) is 36.0 Å². The van der Waals surface area contributed by atoms with Crippen LogP contribution >= 0.6 is 0 Å². The quantitative estimate of drug-likeness (QED) is 0.679. The van der Waals surface area contributed by atoms with Crippen molar-refractivity contribution in [2.24, 2.45) is 11.8 Å². The largest absolute Gasteiger partial charge is 0.337 e. The van der Waals surface area contributed by atoms with E-state index in [1.165, 1.54) is 0 Å². The summed E-state index contributed by atoms with van der Waals surface area (Å²) in [5.74, 6) is 0.804. The van der Waals surface area contributed by atoms with Crippen LogP contribution in [0.4, 0.5) is 0 Å². The van der Waals surface area contributed by atoms with E-state index in [2.05, 4.69) is 26.3 Å². The monoisotopic (exact) mass is 384 g/mol. The molecule has 5 aliphatic rings. The molecule has 2 bridgehead atoms. The van der Waals surface area contributed by atoms with E-state index in [-0.39, 0.29) is 17.9 Å². The Kier molecular flexibility index (Phi) is 4.78. The highest BCUT2D eigenvalue weighted by molar-refractivity contribution is 5.94. The minimum absolute atomic E-state index is 0.0569. The third-order valence-electron chi connectivity index (χ3n) is 6.93. The van der Waals surface area contributed by atoms with Gasteiger partial charge in [0.05, 0.1) is 0 Å². The Labute approximate surface area is 165 Å². The van der Waals surface area contributed by atoms with Gasteiger partial charge >= 0.3 is 0 Å². The third kappa shape index (κ3) is 3.29. The van der Waals surface area contributed by atoms with Gasteiger partial charge in [-0.1, -0.05) is 0 Å². The van der Waals surface area contributed by atoms with Crippen molar-refractivity contribution < 1.29 is 9.59 Å². The molecule has 5 fully saturated rings. The van der Waals surface area contributed by atoms with Crippen LogP contribution in [0.2, 0.25) is 0 Å². The topological polar surface area (TPSA) is 89.6 Å². The first-order chi connectivity index (χ1) is 13.7. The Balaban J connectivity index is 1.29. The van der Waals surface area contributed by atoms with E-state index < -0.39 is 0 Å². The highest BCUT2D eigenvalue weighted by Gasteiger charge is 2.43. The zero-order chi connectivity index (χ0) is 19.1. The first-order valence-electron chi connectivity index (χ1n) is 10.4. The molecule has 2 amide bonds. The zero-order valence-electron chi connectivity index (χ0n) is 16.0. The standard InChI is InChI=1S/C20H28N6O2/c27-19(14-5-7-21-8-6-14)25-10-13-1-3-16(12-25)26(11-13)20(28)15-2-4-17-18(9-15)23-24-22-17/h5-8,13,15-18,22-24H,1-4,9-12H2/t13-,15?,16+,17?,18?/m0/s1. The summed E-state index contributed by atoms with van der Waals surface area (Å²) in [6.07, 6.45) is 8.23. The molecule has 0 radical (unpaired) electrons. The molecule has 4 saturated heterocycles. The lowest BCUT2D eigenvalue weighted by Gasteiger charge is -2.40. The van der Waals surface area contributed by atoms with Crippen LogP contribution in [-0.2, 0) is 4.79 Å². The van der Waals surface area contributed by atoms with Gasteiger partial charge < -0.3 is 9.80 Å². The molecular weight excluding hydrogens is 356 g/mol. The molecule has 28 heavy (non-hydrogen) atoms. The van der Waals surface area contributed by atoms with Crippen LogP contribution in [-0.4, -0.2) is 64.4 Å². The number of amides is 2. The molecule has 1 saturated carbocycles. The van der Waals surface area contributed by atoms with E-state index in [0.717, 1.165) is 45.2 Å². The van der Waals surface area contributed by atoms with E-state index >= 15 is 0 Å². The number of rotatable bonds is 2. The van der Waals surface area contributed by atoms with Gasteiger partial charge in [-0.2, -0.15) is 5.53 Å². The number of hydrogen-bond donors (Lipinski definition) is 3. The van der Waals surface area contributed by atoms with Crippen LogP contribution in [0.25, 0.3) is 0 Å². The number of carbonyl (C=O) groups is 2. The first-order valence-corrected chi connectivity index (χ1v) is 10.4. The van der Waals surface area contributed by atoms with Crippen molar-refractivity contribution in [1.82, 2.24) is 31.2 Å². The summed E-state index contributed by atoms with van der Waals surface area (Å²) in [5, 5.41) is 0. The van der Waals surface area contributed by atoms with E-state index in [1.807, 2.05) is 4.90 Å². The molecule has 8 heteroatoms. The van der Waals surface area contributed by atoms with Crippen LogP contribution in [0.15, 0.2) is 24.5 Å². The number of hydrogen-bond acceptors (Lipinski definition) is 6. The maximum atomic E-state index is 13.4. The number of pyridine rings is 1. The highest BCUT2D eigenvalue weighted by atomic mass is 16.2. The molecule has 1 aromatic rings. The SMILES string of the molecule is O=C(c1ccncc1)N1C[C@@H]2CC[C@H](C1)N(C(=O)C1CCC3NNNC3C1)C2. The number of aromatic nitrogens is 1. The van der Waals surface area contributed by atoms with Crippen LogP contribution in [0.3, 0.4) is 0 Å². The van der Waals surface area contributed by atoms with Gasteiger partial charge in [-0.3, -0.25) is 14.6 Å². The molecule has 0 spiro atoms. The molecule has 1 aromatic heterocycles. The van der Waals surface area contributed by atoms with Crippen molar-refractivity contribution in [2.45, 2.75) is 50.2 Å². The fourth-order valence-corrected chi connectivity index (χ4v) is 5.38. The van der Waals surface area contributed by atoms with Gasteiger partial charge in [0.25, 0.3) is 5.91 Å². The smallest absolute Gasteiger partial charge is 0.254 e. The number of fused-ring (bicyclic) bond motifs is 5. The minimum atomic E-state index is 0.0569. The fourth-order valence-electron chi connectivity index (χ4n) is 5.38.